The highest BCUT2D eigenvalue weighted by Gasteiger charge is 2.29. The number of aryl methyl sites for hydroxylation is 2. The average Bonchev–Trinajstić information content (AvgIpc) is 4.14. The van der Waals surface area contributed by atoms with E-state index in [1.165, 1.54) is 65.9 Å². The van der Waals surface area contributed by atoms with E-state index in [2.05, 4.69) is 169 Å². The Labute approximate surface area is 438 Å². The topological polar surface area (TPSA) is 36.0 Å². The minimum Gasteiger partial charge on any atom is -0.464 e. The second-order valence-corrected chi connectivity index (χ2v) is 20.1. The van der Waals surface area contributed by atoms with Crippen LogP contribution >= 0.6 is 11.3 Å². The Bertz CT molecular complexity index is 3270. The van der Waals surface area contributed by atoms with Gasteiger partial charge in [0.1, 0.15) is 16.9 Å². The molecule has 3 aromatic heterocycles. The summed E-state index contributed by atoms with van der Waals surface area (Å²) in [6, 6.07) is 62.3. The number of rotatable bonds is 17. The summed E-state index contributed by atoms with van der Waals surface area (Å²) in [5.41, 5.74) is 9.74. The maximum Gasteiger partial charge on any atom is 0.416 e. The minimum absolute atomic E-state index is 0.633. The number of likely N-dealkylation sites (N-methyl/N-ethyl adjacent to an activating group) is 2. The van der Waals surface area contributed by atoms with E-state index in [4.69, 9.17) is 8.83 Å². The Morgan fingerprint density at radius 2 is 1.15 bits per heavy atom. The van der Waals surface area contributed by atoms with Gasteiger partial charge in [0.05, 0.1) is 18.4 Å². The van der Waals surface area contributed by atoms with Crippen molar-refractivity contribution in [3.63, 3.8) is 0 Å². The summed E-state index contributed by atoms with van der Waals surface area (Å²) in [7, 11) is 6.31. The molecule has 0 aliphatic rings. The minimum atomic E-state index is -4.30. The van der Waals surface area contributed by atoms with Gasteiger partial charge < -0.3 is 13.7 Å². The summed E-state index contributed by atoms with van der Waals surface area (Å²) < 4.78 is 50.4. The van der Waals surface area contributed by atoms with Crippen molar-refractivity contribution in [1.29, 1.82) is 0 Å². The maximum atomic E-state index is 12.5. The third kappa shape index (κ3) is 15.9. The van der Waals surface area contributed by atoms with Gasteiger partial charge in [-0.2, -0.15) is 13.2 Å². The van der Waals surface area contributed by atoms with Gasteiger partial charge in [-0.1, -0.05) is 175 Å². The molecular formula is C65H64F3N3O2S. The Morgan fingerprint density at radius 3 is 1.82 bits per heavy atom. The third-order valence-corrected chi connectivity index (χ3v) is 13.7. The van der Waals surface area contributed by atoms with Gasteiger partial charge in [-0.15, -0.1) is 11.3 Å². The Hall–Kier alpha value is -7.27. The SMILES string of the molecule is CN(C/C=C/c1ccc(C(F)(F)F)cc1)Cc1cc2ccccc2o1.CN(CCCc1ccc(-c2ccccc2)cc1)Cc1coc2ccccc12.Cc1ccc(/C=C/CN(C)Cc2cc3ccccc3s2)cc1. The van der Waals surface area contributed by atoms with Crippen LogP contribution in [-0.2, 0) is 32.2 Å². The van der Waals surface area contributed by atoms with Crippen molar-refractivity contribution in [3.8, 4) is 11.1 Å². The van der Waals surface area contributed by atoms with E-state index in [-0.39, 0.29) is 0 Å². The second kappa shape index (κ2) is 26.1. The van der Waals surface area contributed by atoms with Crippen molar-refractivity contribution in [2.24, 2.45) is 0 Å². The van der Waals surface area contributed by atoms with Crippen LogP contribution in [0, 0.1) is 6.92 Å². The molecule has 0 amide bonds. The van der Waals surface area contributed by atoms with E-state index in [1.54, 1.807) is 0 Å². The molecule has 0 aliphatic carbocycles. The van der Waals surface area contributed by atoms with Crippen LogP contribution in [0.4, 0.5) is 13.2 Å². The van der Waals surface area contributed by atoms with Gasteiger partial charge in [-0.25, -0.2) is 0 Å². The van der Waals surface area contributed by atoms with Crippen molar-refractivity contribution >= 4 is 55.5 Å². The number of fused-ring (bicyclic) bond motifs is 3. The van der Waals surface area contributed by atoms with Crippen LogP contribution in [0.5, 0.6) is 0 Å². The molecule has 0 N–H and O–H groups in total. The lowest BCUT2D eigenvalue weighted by molar-refractivity contribution is -0.137. The lowest BCUT2D eigenvalue weighted by atomic mass is 10.0. The fourth-order valence-electron chi connectivity index (χ4n) is 8.66. The fourth-order valence-corrected chi connectivity index (χ4v) is 9.81. The number of alkyl halides is 3. The lowest BCUT2D eigenvalue weighted by Gasteiger charge is -2.15. The van der Waals surface area contributed by atoms with E-state index in [9.17, 15) is 13.2 Å². The van der Waals surface area contributed by atoms with Crippen LogP contribution in [0.15, 0.2) is 215 Å². The molecule has 9 heteroatoms. The average molecular weight is 1010 g/mol. The summed E-state index contributed by atoms with van der Waals surface area (Å²) in [6.45, 7) is 7.39. The summed E-state index contributed by atoms with van der Waals surface area (Å²) in [6.07, 6.45) is 8.01. The zero-order valence-electron chi connectivity index (χ0n) is 42.6. The van der Waals surface area contributed by atoms with Crippen LogP contribution in [-0.4, -0.2) is 55.5 Å². The summed E-state index contributed by atoms with van der Waals surface area (Å²) in [4.78, 5) is 8.20. The zero-order valence-corrected chi connectivity index (χ0v) is 43.5. The molecule has 0 saturated carbocycles. The smallest absolute Gasteiger partial charge is 0.416 e. The van der Waals surface area contributed by atoms with Gasteiger partial charge in [0.25, 0.3) is 0 Å². The zero-order chi connectivity index (χ0) is 51.7. The van der Waals surface area contributed by atoms with Crippen LogP contribution in [0.1, 0.15) is 50.4 Å². The van der Waals surface area contributed by atoms with Crippen LogP contribution in [0.2, 0.25) is 0 Å². The number of halogens is 3. The van der Waals surface area contributed by atoms with Crippen molar-refractivity contribution in [1.82, 2.24) is 14.7 Å². The maximum absolute atomic E-state index is 12.5. The van der Waals surface area contributed by atoms with Gasteiger partial charge in [0.2, 0.25) is 0 Å². The Kier molecular flexibility index (Phi) is 18.7. The van der Waals surface area contributed by atoms with E-state index >= 15 is 0 Å². The van der Waals surface area contributed by atoms with Gasteiger partial charge >= 0.3 is 6.18 Å². The Morgan fingerprint density at radius 1 is 0.554 bits per heavy atom. The number of para-hydroxylation sites is 2. The van der Waals surface area contributed by atoms with Gasteiger partial charge in [0.15, 0.2) is 0 Å². The highest BCUT2D eigenvalue weighted by atomic mass is 32.1. The van der Waals surface area contributed by atoms with E-state index in [1.807, 2.05) is 79.3 Å². The summed E-state index contributed by atoms with van der Waals surface area (Å²) in [5.74, 6) is 0.881. The first kappa shape index (κ1) is 53.0. The molecule has 0 fully saturated rings. The molecule has 0 aliphatic heterocycles. The number of furan rings is 2. The standard InChI is InChI=1S/C25H25NO.C20H18F3NO.C20H21NS/c1-26(18-23-19-27-25-12-6-5-11-24(23)25)17-7-8-20-13-15-22(16-14-20)21-9-3-2-4-10-21;1-24(14-18-13-16-6-2-3-7-19(16)25-18)12-4-5-15-8-10-17(11-9-15)20(21,22)23;1-16-9-11-17(12-10-16)6-5-13-21(2)15-19-14-18-7-3-4-8-20(18)22-19/h2-6,9-16,19H,7-8,17-18H2,1H3;2-11,13H,12,14H2,1H3;3-12,14H,13,15H2,1-2H3/b;5-4+;6-5+. The molecule has 7 aromatic carbocycles. The van der Waals surface area contributed by atoms with Gasteiger partial charge in [0, 0.05) is 52.1 Å². The molecule has 3 heterocycles. The molecule has 10 aromatic rings. The quantitative estimate of drug-likeness (QED) is 0.0908. The molecule has 0 spiro atoms. The van der Waals surface area contributed by atoms with Crippen molar-refractivity contribution in [2.45, 2.75) is 45.6 Å². The molecule has 378 valence electrons. The number of nitrogens with zero attached hydrogens (tertiary/aromatic N) is 3. The molecule has 0 unspecified atom stereocenters. The molecule has 74 heavy (non-hydrogen) atoms. The molecule has 0 saturated heterocycles. The Balaban J connectivity index is 0.000000149. The summed E-state index contributed by atoms with van der Waals surface area (Å²) >= 11 is 1.89. The fraction of sp³-hybridized carbons (Fsp3) is 0.200. The predicted molar refractivity (Wildman–Crippen MR) is 304 cm³/mol. The van der Waals surface area contributed by atoms with Gasteiger partial charge in [-0.05, 0) is 123 Å². The van der Waals surface area contributed by atoms with Crippen molar-refractivity contribution in [2.75, 3.05) is 40.8 Å². The first-order valence-corrected chi connectivity index (χ1v) is 25.9. The molecule has 10 rings (SSSR count). The largest absolute Gasteiger partial charge is 0.464 e. The molecule has 0 radical (unpaired) electrons. The number of benzene rings is 7. The van der Waals surface area contributed by atoms with Crippen LogP contribution < -0.4 is 0 Å². The van der Waals surface area contributed by atoms with Gasteiger partial charge in [-0.3, -0.25) is 9.80 Å². The highest BCUT2D eigenvalue weighted by molar-refractivity contribution is 7.19. The predicted octanol–water partition coefficient (Wildman–Crippen LogP) is 17.1. The van der Waals surface area contributed by atoms with Crippen LogP contribution in [0.25, 0.3) is 55.3 Å². The molecule has 5 nitrogen and oxygen atoms in total. The first-order chi connectivity index (χ1) is 35.9. The van der Waals surface area contributed by atoms with E-state index < -0.39 is 11.7 Å². The highest BCUT2D eigenvalue weighted by Crippen LogP contribution is 2.30. The third-order valence-electron chi connectivity index (χ3n) is 12.6. The lowest BCUT2D eigenvalue weighted by Crippen LogP contribution is -2.19. The number of thiophene rings is 1. The van der Waals surface area contributed by atoms with Crippen molar-refractivity contribution in [3.05, 3.63) is 250 Å². The summed E-state index contributed by atoms with van der Waals surface area (Å²) in [5, 5.41) is 3.65. The second-order valence-electron chi connectivity index (χ2n) is 18.9. The number of hydrogen-bond donors (Lipinski definition) is 0. The first-order valence-electron chi connectivity index (χ1n) is 25.1. The van der Waals surface area contributed by atoms with E-state index in [0.717, 1.165) is 79.0 Å². The molecular weight excluding hydrogens is 944 g/mol. The molecule has 0 atom stereocenters. The van der Waals surface area contributed by atoms with E-state index in [0.29, 0.717) is 13.1 Å². The monoisotopic (exact) mass is 1010 g/mol. The normalized spacial score (nSPS) is 11.9. The van der Waals surface area contributed by atoms with Crippen molar-refractivity contribution < 1.29 is 22.0 Å². The van der Waals surface area contributed by atoms with Crippen LogP contribution in [0.3, 0.4) is 0 Å². The number of hydrogen-bond acceptors (Lipinski definition) is 6. The molecule has 0 bridgehead atoms.